The summed E-state index contributed by atoms with van der Waals surface area (Å²) >= 11 is 0. The Morgan fingerprint density at radius 1 is 1.41 bits per heavy atom. The predicted molar refractivity (Wildman–Crippen MR) is 58.4 cm³/mol. The van der Waals surface area contributed by atoms with Crippen molar-refractivity contribution in [1.29, 1.82) is 0 Å². The van der Waals surface area contributed by atoms with E-state index in [1.54, 1.807) is 0 Å². The highest BCUT2D eigenvalue weighted by atomic mass is 31.2. The Labute approximate surface area is 101 Å². The third-order valence-corrected chi connectivity index (χ3v) is 2.32. The maximum absolute atomic E-state index is 11.1. The largest absolute Gasteiger partial charge is 0.754 e. The molecular formula is C9H18NO6P. The number of carbonyl (C=O) groups excluding carboxylic acids is 1. The van der Waals surface area contributed by atoms with Crippen molar-refractivity contribution in [3.63, 3.8) is 0 Å². The second-order valence-electron chi connectivity index (χ2n) is 4.52. The normalized spacial score (nSPS) is 15.1. The van der Waals surface area contributed by atoms with Crippen molar-refractivity contribution >= 4 is 13.8 Å². The number of phosphoric acid groups is 1. The highest BCUT2D eigenvalue weighted by molar-refractivity contribution is 7.45. The van der Waals surface area contributed by atoms with Crippen molar-refractivity contribution in [2.75, 3.05) is 34.3 Å². The standard InChI is InChI=1S/C9H18NO6P/c1-8(2)9(11)15-16-17(12,13)14-7-6-10(3,4)5/h1,6-7H2,2-5H3. The zero-order valence-electron chi connectivity index (χ0n) is 10.5. The minimum Gasteiger partial charge on any atom is -0.754 e. The van der Waals surface area contributed by atoms with E-state index < -0.39 is 13.8 Å². The van der Waals surface area contributed by atoms with Gasteiger partial charge in [0.2, 0.25) is 0 Å². The van der Waals surface area contributed by atoms with E-state index in [0.29, 0.717) is 11.0 Å². The van der Waals surface area contributed by atoms with E-state index in [4.69, 9.17) is 0 Å². The summed E-state index contributed by atoms with van der Waals surface area (Å²) in [7, 11) is 1.01. The van der Waals surface area contributed by atoms with Crippen LogP contribution < -0.4 is 4.89 Å². The Kier molecular flexibility index (Phi) is 6.01. The van der Waals surface area contributed by atoms with E-state index in [2.05, 4.69) is 20.7 Å². The molecule has 0 heterocycles. The lowest BCUT2D eigenvalue weighted by atomic mass is 10.4. The van der Waals surface area contributed by atoms with E-state index in [1.165, 1.54) is 6.92 Å². The third-order valence-electron chi connectivity index (χ3n) is 1.56. The van der Waals surface area contributed by atoms with Gasteiger partial charge in [0.1, 0.15) is 13.2 Å². The number of quaternary nitrogens is 1. The molecule has 0 fully saturated rings. The SMILES string of the molecule is C=C(C)C(=O)OOP(=O)([O-])OCC[N+](C)(C)C. The zero-order chi connectivity index (χ0) is 13.7. The molecule has 0 saturated heterocycles. The molecule has 7 nitrogen and oxygen atoms in total. The zero-order valence-corrected chi connectivity index (χ0v) is 11.4. The fourth-order valence-electron chi connectivity index (χ4n) is 0.599. The van der Waals surface area contributed by atoms with Gasteiger partial charge < -0.3 is 13.9 Å². The van der Waals surface area contributed by atoms with Crippen LogP contribution in [-0.2, 0) is 23.4 Å². The maximum atomic E-state index is 11.1. The molecule has 0 rings (SSSR count). The van der Waals surface area contributed by atoms with Gasteiger partial charge in [0, 0.05) is 5.57 Å². The molecule has 100 valence electrons. The smallest absolute Gasteiger partial charge is 0.368 e. The van der Waals surface area contributed by atoms with Gasteiger partial charge in [-0.2, -0.15) is 0 Å². The number of phosphoric ester groups is 1. The second-order valence-corrected chi connectivity index (χ2v) is 5.82. The highest BCUT2D eigenvalue weighted by Gasteiger charge is 2.17. The summed E-state index contributed by atoms with van der Waals surface area (Å²) in [5, 5.41) is 0. The second kappa shape index (κ2) is 6.28. The quantitative estimate of drug-likeness (QED) is 0.216. The van der Waals surface area contributed by atoms with Gasteiger partial charge in [-0.15, -0.1) is 4.67 Å². The van der Waals surface area contributed by atoms with Crippen LogP contribution in [0.5, 0.6) is 0 Å². The molecule has 1 atom stereocenters. The van der Waals surface area contributed by atoms with E-state index in [9.17, 15) is 14.3 Å². The molecule has 0 saturated carbocycles. The molecule has 0 aromatic heterocycles. The van der Waals surface area contributed by atoms with Crippen LogP contribution in [0.3, 0.4) is 0 Å². The predicted octanol–water partition coefficient (Wildman–Crippen LogP) is 0.228. The highest BCUT2D eigenvalue weighted by Crippen LogP contribution is 2.38. The van der Waals surface area contributed by atoms with Gasteiger partial charge >= 0.3 is 13.8 Å². The Morgan fingerprint density at radius 2 is 1.94 bits per heavy atom. The van der Waals surface area contributed by atoms with Crippen molar-refractivity contribution in [3.05, 3.63) is 12.2 Å². The molecule has 0 N–H and O–H groups in total. The summed E-state index contributed by atoms with van der Waals surface area (Å²) < 4.78 is 20.1. The average Bonchev–Trinajstić information content (AvgIpc) is 2.11. The van der Waals surface area contributed by atoms with Crippen LogP contribution in [0.15, 0.2) is 12.2 Å². The van der Waals surface area contributed by atoms with Gasteiger partial charge in [0.15, 0.2) is 0 Å². The van der Waals surface area contributed by atoms with Crippen molar-refractivity contribution in [2.24, 2.45) is 0 Å². The molecular weight excluding hydrogens is 249 g/mol. The Balaban J connectivity index is 4.01. The number of hydrogen-bond donors (Lipinski definition) is 0. The number of rotatable bonds is 7. The number of nitrogens with zero attached hydrogens (tertiary/aromatic N) is 1. The van der Waals surface area contributed by atoms with Crippen LogP contribution in [0.4, 0.5) is 0 Å². The van der Waals surface area contributed by atoms with Gasteiger partial charge in [-0.1, -0.05) is 6.58 Å². The fraction of sp³-hybridized carbons (Fsp3) is 0.667. The molecule has 17 heavy (non-hydrogen) atoms. The number of hydrogen-bond acceptors (Lipinski definition) is 6. The van der Waals surface area contributed by atoms with E-state index in [1.807, 2.05) is 21.1 Å². The summed E-state index contributed by atoms with van der Waals surface area (Å²) in [4.78, 5) is 26.0. The lowest BCUT2D eigenvalue weighted by Crippen LogP contribution is -2.37. The van der Waals surface area contributed by atoms with Crippen LogP contribution >= 0.6 is 7.82 Å². The van der Waals surface area contributed by atoms with Crippen LogP contribution in [0.25, 0.3) is 0 Å². The number of carbonyl (C=O) groups is 1. The van der Waals surface area contributed by atoms with Crippen LogP contribution in [0.1, 0.15) is 6.92 Å². The van der Waals surface area contributed by atoms with Gasteiger partial charge in [0.05, 0.1) is 21.1 Å². The van der Waals surface area contributed by atoms with Gasteiger partial charge in [-0.25, -0.2) is 4.79 Å². The summed E-state index contributed by atoms with van der Waals surface area (Å²) in [5.41, 5.74) is 0.0244. The van der Waals surface area contributed by atoms with E-state index in [-0.39, 0.29) is 12.2 Å². The van der Waals surface area contributed by atoms with E-state index >= 15 is 0 Å². The van der Waals surface area contributed by atoms with Crippen molar-refractivity contribution < 1.29 is 32.8 Å². The molecule has 0 spiro atoms. The molecule has 0 aliphatic rings. The first-order valence-electron chi connectivity index (χ1n) is 4.86. The van der Waals surface area contributed by atoms with Crippen LogP contribution in [0, 0.1) is 0 Å². The molecule has 0 amide bonds. The Morgan fingerprint density at radius 3 is 2.35 bits per heavy atom. The molecule has 0 bridgehead atoms. The van der Waals surface area contributed by atoms with Gasteiger partial charge in [-0.3, -0.25) is 9.45 Å². The molecule has 0 aromatic carbocycles. The molecule has 0 aliphatic carbocycles. The first-order valence-corrected chi connectivity index (χ1v) is 6.32. The summed E-state index contributed by atoms with van der Waals surface area (Å²) in [6, 6.07) is 0. The summed E-state index contributed by atoms with van der Waals surface area (Å²) in [6.07, 6.45) is 0. The van der Waals surface area contributed by atoms with Crippen LogP contribution in [0.2, 0.25) is 0 Å². The van der Waals surface area contributed by atoms with Gasteiger partial charge in [-0.05, 0) is 6.92 Å². The molecule has 1 unspecified atom stereocenters. The monoisotopic (exact) mass is 267 g/mol. The fourth-order valence-corrected chi connectivity index (χ4v) is 1.11. The maximum Gasteiger partial charge on any atom is 0.368 e. The number of likely N-dealkylation sites (N-methyl/N-ethyl adjacent to an activating group) is 1. The van der Waals surface area contributed by atoms with Crippen molar-refractivity contribution in [3.8, 4) is 0 Å². The Bertz CT molecular complexity index is 335. The Hall–Kier alpha value is -0.720. The molecule has 8 heteroatoms. The average molecular weight is 267 g/mol. The topological polar surface area (TPSA) is 84.9 Å². The minimum atomic E-state index is -4.62. The lowest BCUT2D eigenvalue weighted by Gasteiger charge is -2.26. The lowest BCUT2D eigenvalue weighted by molar-refractivity contribution is -0.870. The molecule has 0 aromatic rings. The van der Waals surface area contributed by atoms with Crippen molar-refractivity contribution in [2.45, 2.75) is 6.92 Å². The molecule has 0 aliphatic heterocycles. The van der Waals surface area contributed by atoms with Gasteiger partial charge in [0.25, 0.3) is 0 Å². The third kappa shape index (κ3) is 9.02. The first kappa shape index (κ1) is 16.3. The molecule has 0 radical (unpaired) electrons. The van der Waals surface area contributed by atoms with E-state index in [0.717, 1.165) is 0 Å². The summed E-state index contributed by atoms with van der Waals surface area (Å²) in [5.74, 6) is -0.962. The first-order chi connectivity index (χ1) is 7.53. The van der Waals surface area contributed by atoms with Crippen LogP contribution in [-0.4, -0.2) is 44.7 Å². The summed E-state index contributed by atoms with van der Waals surface area (Å²) in [6.45, 7) is 5.02. The van der Waals surface area contributed by atoms with Crippen molar-refractivity contribution in [1.82, 2.24) is 0 Å². The minimum absolute atomic E-state index is 0.0244.